The Hall–Kier alpha value is -2.58. The summed E-state index contributed by atoms with van der Waals surface area (Å²) in [5.41, 5.74) is -3.89. The summed E-state index contributed by atoms with van der Waals surface area (Å²) in [6.45, 7) is 2.25. The van der Waals surface area contributed by atoms with E-state index >= 15 is 0 Å². The van der Waals surface area contributed by atoms with Gasteiger partial charge in [0.1, 0.15) is 11.4 Å². The first-order chi connectivity index (χ1) is 9.06. The molecule has 0 radical (unpaired) electrons. The van der Waals surface area contributed by atoms with Crippen LogP contribution in [0.25, 0.3) is 0 Å². The lowest BCUT2D eigenvalue weighted by Crippen LogP contribution is -2.49. The second kappa shape index (κ2) is 5.19. The zero-order chi connectivity index (χ0) is 15.7. The zero-order valence-corrected chi connectivity index (χ0v) is 10.4. The quantitative estimate of drug-likeness (QED) is 0.644. The van der Waals surface area contributed by atoms with E-state index in [0.29, 0.717) is 12.1 Å². The molecule has 0 heterocycles. The van der Waals surface area contributed by atoms with E-state index in [1.807, 2.05) is 5.32 Å². The molecule has 0 saturated heterocycles. The summed E-state index contributed by atoms with van der Waals surface area (Å²) in [6.07, 6.45) is 0. The molecule has 7 nitrogen and oxygen atoms in total. The number of carbonyl (C=O) groups is 2. The molecule has 20 heavy (non-hydrogen) atoms. The SMILES string of the molecule is CC(C)(NC(=O)c1cc(F)cc([N+](=O)[O-])c1F)C(=O)O. The Balaban J connectivity index is 3.24. The molecule has 0 aromatic heterocycles. The number of aliphatic carboxylic acids is 1. The fraction of sp³-hybridized carbons (Fsp3) is 0.273. The van der Waals surface area contributed by atoms with Crippen LogP contribution >= 0.6 is 0 Å². The van der Waals surface area contributed by atoms with Gasteiger partial charge in [-0.05, 0) is 19.9 Å². The molecule has 0 unspecified atom stereocenters. The van der Waals surface area contributed by atoms with Gasteiger partial charge in [0, 0.05) is 0 Å². The summed E-state index contributed by atoms with van der Waals surface area (Å²) in [7, 11) is 0. The summed E-state index contributed by atoms with van der Waals surface area (Å²) in [5, 5.41) is 21.3. The number of nitrogens with one attached hydrogen (secondary N) is 1. The van der Waals surface area contributed by atoms with Crippen LogP contribution in [0, 0.1) is 21.7 Å². The first kappa shape index (κ1) is 15.5. The van der Waals surface area contributed by atoms with Crippen molar-refractivity contribution in [1.82, 2.24) is 5.32 Å². The van der Waals surface area contributed by atoms with Crippen LogP contribution in [-0.2, 0) is 4.79 Å². The van der Waals surface area contributed by atoms with E-state index in [2.05, 4.69) is 0 Å². The number of hydrogen-bond acceptors (Lipinski definition) is 4. The molecular weight excluding hydrogens is 278 g/mol. The van der Waals surface area contributed by atoms with Crippen LogP contribution in [0.5, 0.6) is 0 Å². The van der Waals surface area contributed by atoms with Crippen LogP contribution in [0.3, 0.4) is 0 Å². The lowest BCUT2D eigenvalue weighted by atomic mass is 10.0. The number of nitro groups is 1. The van der Waals surface area contributed by atoms with Gasteiger partial charge in [0.05, 0.1) is 16.6 Å². The maximum Gasteiger partial charge on any atom is 0.328 e. The van der Waals surface area contributed by atoms with Gasteiger partial charge < -0.3 is 10.4 Å². The van der Waals surface area contributed by atoms with Crippen molar-refractivity contribution in [2.75, 3.05) is 0 Å². The minimum absolute atomic E-state index is 0.328. The number of nitro benzene ring substituents is 1. The highest BCUT2D eigenvalue weighted by Gasteiger charge is 2.32. The molecule has 1 aromatic carbocycles. The van der Waals surface area contributed by atoms with Gasteiger partial charge in [0.25, 0.3) is 5.91 Å². The molecule has 1 aromatic rings. The predicted octanol–water partition coefficient (Wildman–Crippen LogP) is 1.47. The number of halogens is 2. The van der Waals surface area contributed by atoms with Gasteiger partial charge in [-0.1, -0.05) is 0 Å². The molecule has 0 aliphatic carbocycles. The summed E-state index contributed by atoms with van der Waals surface area (Å²) in [5.74, 6) is -5.39. The zero-order valence-electron chi connectivity index (χ0n) is 10.4. The Kier molecular flexibility index (Phi) is 4.02. The van der Waals surface area contributed by atoms with Crippen molar-refractivity contribution in [3.8, 4) is 0 Å². The Morgan fingerprint density at radius 3 is 2.35 bits per heavy atom. The van der Waals surface area contributed by atoms with Gasteiger partial charge in [0.2, 0.25) is 5.82 Å². The van der Waals surface area contributed by atoms with Crippen LogP contribution in [-0.4, -0.2) is 27.4 Å². The third-order valence-corrected chi connectivity index (χ3v) is 2.42. The van der Waals surface area contributed by atoms with Crippen LogP contribution < -0.4 is 5.32 Å². The lowest BCUT2D eigenvalue weighted by molar-refractivity contribution is -0.387. The molecule has 0 aliphatic rings. The van der Waals surface area contributed by atoms with Gasteiger partial charge >= 0.3 is 11.7 Å². The van der Waals surface area contributed by atoms with Crippen molar-refractivity contribution in [2.45, 2.75) is 19.4 Å². The minimum atomic E-state index is -1.75. The third kappa shape index (κ3) is 3.05. The largest absolute Gasteiger partial charge is 0.480 e. The van der Waals surface area contributed by atoms with E-state index in [1.165, 1.54) is 0 Å². The average Bonchev–Trinajstić information content (AvgIpc) is 2.30. The number of carboxylic acid groups (broad SMARTS) is 1. The number of carboxylic acids is 1. The Labute approximate surface area is 111 Å². The molecule has 0 saturated carbocycles. The monoisotopic (exact) mass is 288 g/mol. The lowest BCUT2D eigenvalue weighted by Gasteiger charge is -2.21. The van der Waals surface area contributed by atoms with Crippen LogP contribution in [0.4, 0.5) is 14.5 Å². The molecule has 2 N–H and O–H groups in total. The van der Waals surface area contributed by atoms with Crippen molar-refractivity contribution in [3.63, 3.8) is 0 Å². The van der Waals surface area contributed by atoms with E-state index in [1.54, 1.807) is 0 Å². The normalized spacial score (nSPS) is 11.0. The Morgan fingerprint density at radius 1 is 1.35 bits per heavy atom. The molecule has 0 fully saturated rings. The molecular formula is C11H10F2N2O5. The van der Waals surface area contributed by atoms with Gasteiger partial charge in [0.15, 0.2) is 0 Å². The molecule has 1 amide bonds. The summed E-state index contributed by atoms with van der Waals surface area (Å²) >= 11 is 0. The predicted molar refractivity (Wildman–Crippen MR) is 62.2 cm³/mol. The molecule has 9 heteroatoms. The first-order valence-electron chi connectivity index (χ1n) is 5.25. The Bertz CT molecular complexity index is 601. The Morgan fingerprint density at radius 2 is 1.90 bits per heavy atom. The second-order valence-corrected chi connectivity index (χ2v) is 4.43. The highest BCUT2D eigenvalue weighted by molar-refractivity contribution is 5.98. The molecule has 0 atom stereocenters. The van der Waals surface area contributed by atoms with Gasteiger partial charge in [-0.25, -0.2) is 9.18 Å². The van der Waals surface area contributed by atoms with E-state index in [-0.39, 0.29) is 0 Å². The smallest absolute Gasteiger partial charge is 0.328 e. The summed E-state index contributed by atoms with van der Waals surface area (Å²) < 4.78 is 26.9. The third-order valence-electron chi connectivity index (χ3n) is 2.42. The number of amides is 1. The first-order valence-corrected chi connectivity index (χ1v) is 5.25. The molecule has 108 valence electrons. The van der Waals surface area contributed by atoms with E-state index in [0.717, 1.165) is 13.8 Å². The van der Waals surface area contributed by atoms with Crippen molar-refractivity contribution in [2.24, 2.45) is 0 Å². The van der Waals surface area contributed by atoms with E-state index in [4.69, 9.17) is 5.11 Å². The van der Waals surface area contributed by atoms with Gasteiger partial charge in [-0.15, -0.1) is 0 Å². The fourth-order valence-electron chi connectivity index (χ4n) is 1.28. The topological polar surface area (TPSA) is 110 Å². The van der Waals surface area contributed by atoms with Gasteiger partial charge in [-0.3, -0.25) is 14.9 Å². The molecule has 0 aliphatic heterocycles. The number of hydrogen-bond donors (Lipinski definition) is 2. The maximum absolute atomic E-state index is 13.7. The van der Waals surface area contributed by atoms with Crippen LogP contribution in [0.1, 0.15) is 24.2 Å². The minimum Gasteiger partial charge on any atom is -0.480 e. The number of carbonyl (C=O) groups excluding carboxylic acids is 1. The highest BCUT2D eigenvalue weighted by Crippen LogP contribution is 2.22. The number of benzene rings is 1. The molecule has 1 rings (SSSR count). The number of rotatable bonds is 4. The summed E-state index contributed by atoms with van der Waals surface area (Å²) in [6, 6.07) is 0.782. The molecule has 0 bridgehead atoms. The van der Waals surface area contributed by atoms with E-state index < -0.39 is 45.2 Å². The number of nitrogens with zero attached hydrogens (tertiary/aromatic N) is 1. The maximum atomic E-state index is 13.7. The van der Waals surface area contributed by atoms with Crippen LogP contribution in [0.2, 0.25) is 0 Å². The van der Waals surface area contributed by atoms with Crippen molar-refractivity contribution >= 4 is 17.6 Å². The van der Waals surface area contributed by atoms with Crippen molar-refractivity contribution in [3.05, 3.63) is 39.4 Å². The second-order valence-electron chi connectivity index (χ2n) is 4.43. The van der Waals surface area contributed by atoms with Crippen LogP contribution in [0.15, 0.2) is 12.1 Å². The standard InChI is InChI=1S/C11H10F2N2O5/c1-11(2,10(17)18)14-9(16)6-3-5(12)4-7(8(6)13)15(19)20/h3-4H,1-2H3,(H,14,16)(H,17,18). The fourth-order valence-corrected chi connectivity index (χ4v) is 1.28. The highest BCUT2D eigenvalue weighted by atomic mass is 19.1. The van der Waals surface area contributed by atoms with Gasteiger partial charge in [-0.2, -0.15) is 4.39 Å². The van der Waals surface area contributed by atoms with Crippen molar-refractivity contribution < 1.29 is 28.4 Å². The van der Waals surface area contributed by atoms with E-state index in [9.17, 15) is 28.5 Å². The summed E-state index contributed by atoms with van der Waals surface area (Å²) in [4.78, 5) is 31.9. The average molecular weight is 288 g/mol. The molecule has 0 spiro atoms. The van der Waals surface area contributed by atoms with Crippen molar-refractivity contribution in [1.29, 1.82) is 0 Å².